The number of hydrogen-bond donors (Lipinski definition) is 3. The molecule has 5 heteroatoms. The Morgan fingerprint density at radius 3 is 2.31 bits per heavy atom. The summed E-state index contributed by atoms with van der Waals surface area (Å²) in [7, 11) is 0. The van der Waals surface area contributed by atoms with Gasteiger partial charge in [0.15, 0.2) is 0 Å². The van der Waals surface area contributed by atoms with Gasteiger partial charge in [0.25, 0.3) is 0 Å². The summed E-state index contributed by atoms with van der Waals surface area (Å²) in [4.78, 5) is 21.3. The number of aliphatic carboxylic acids is 1. The molecule has 0 aliphatic heterocycles. The number of aliphatic hydroxyl groups is 1. The number of hydrogen-bond acceptors (Lipinski definition) is 3. The van der Waals surface area contributed by atoms with Crippen molar-refractivity contribution in [3.8, 4) is 0 Å². The molecule has 3 N–H and O–H groups in total. The molecule has 0 rings (SSSR count). The van der Waals surface area contributed by atoms with Crippen molar-refractivity contribution in [3.63, 3.8) is 0 Å². The minimum atomic E-state index is -1.22. The van der Waals surface area contributed by atoms with Gasteiger partial charge in [0.05, 0.1) is 5.70 Å². The average Bonchev–Trinajstić information content (AvgIpc) is 2.23. The summed E-state index contributed by atoms with van der Waals surface area (Å²) in [6.45, 7) is 5.00. The first-order valence-corrected chi connectivity index (χ1v) is 4.41. The van der Waals surface area contributed by atoms with E-state index in [1.165, 1.54) is 18.2 Å². The summed E-state index contributed by atoms with van der Waals surface area (Å²) in [5.74, 6) is -2.02. The standard InChI is InChI=1S/C11H13NO4/c1-3-5-9(13)8(4-2)12-10(14)6-7-11(15)16/h3-7,13H,1H2,2H3,(H,12,14)(H,15,16)/b7-6-,8-4+,9-5+. The Hall–Kier alpha value is -2.30. The van der Waals surface area contributed by atoms with Crippen LogP contribution in [0.25, 0.3) is 0 Å². The second-order valence-electron chi connectivity index (χ2n) is 2.65. The van der Waals surface area contributed by atoms with Gasteiger partial charge >= 0.3 is 5.97 Å². The van der Waals surface area contributed by atoms with Crippen LogP contribution >= 0.6 is 0 Å². The number of carboxylic acids is 1. The van der Waals surface area contributed by atoms with Crippen molar-refractivity contribution < 1.29 is 19.8 Å². The highest BCUT2D eigenvalue weighted by molar-refractivity contribution is 5.94. The molecule has 0 radical (unpaired) electrons. The normalized spacial score (nSPS) is 12.6. The Kier molecular flexibility index (Phi) is 6.04. The smallest absolute Gasteiger partial charge is 0.328 e. The van der Waals surface area contributed by atoms with E-state index in [1.807, 2.05) is 0 Å². The SMILES string of the molecule is C=C/C=C(O)\C(=C/C)NC(=O)/C=C\C(=O)O. The average molecular weight is 223 g/mol. The van der Waals surface area contributed by atoms with Crippen molar-refractivity contribution in [1.82, 2.24) is 5.32 Å². The fourth-order valence-electron chi connectivity index (χ4n) is 0.807. The topological polar surface area (TPSA) is 86.6 Å². The van der Waals surface area contributed by atoms with E-state index >= 15 is 0 Å². The van der Waals surface area contributed by atoms with Crippen LogP contribution in [0.5, 0.6) is 0 Å². The van der Waals surface area contributed by atoms with Gasteiger partial charge in [0.2, 0.25) is 5.91 Å². The Balaban J connectivity index is 4.58. The number of amides is 1. The first kappa shape index (κ1) is 13.7. The maximum Gasteiger partial charge on any atom is 0.328 e. The minimum absolute atomic E-state index is 0.158. The zero-order chi connectivity index (χ0) is 12.6. The van der Waals surface area contributed by atoms with Gasteiger partial charge in [-0.05, 0) is 13.0 Å². The van der Waals surface area contributed by atoms with Gasteiger partial charge in [-0.2, -0.15) is 0 Å². The molecule has 0 saturated carbocycles. The molecule has 0 aromatic rings. The first-order chi connectivity index (χ1) is 7.51. The number of allylic oxidation sites excluding steroid dienone is 3. The van der Waals surface area contributed by atoms with E-state index in [1.54, 1.807) is 6.92 Å². The number of rotatable bonds is 5. The Morgan fingerprint density at radius 2 is 1.88 bits per heavy atom. The second-order valence-corrected chi connectivity index (χ2v) is 2.65. The van der Waals surface area contributed by atoms with Crippen molar-refractivity contribution >= 4 is 11.9 Å². The summed E-state index contributed by atoms with van der Waals surface area (Å²) in [6.07, 6.45) is 5.69. The van der Waals surface area contributed by atoms with E-state index in [2.05, 4.69) is 11.9 Å². The molecule has 0 fully saturated rings. The van der Waals surface area contributed by atoms with E-state index in [-0.39, 0.29) is 11.5 Å². The molecule has 0 aliphatic rings. The van der Waals surface area contributed by atoms with Gasteiger partial charge in [-0.3, -0.25) is 4.79 Å². The largest absolute Gasteiger partial charge is 0.506 e. The molecule has 0 aromatic heterocycles. The Morgan fingerprint density at radius 1 is 1.25 bits per heavy atom. The van der Waals surface area contributed by atoms with Crippen LogP contribution in [0.15, 0.2) is 48.4 Å². The number of carboxylic acid groups (broad SMARTS) is 1. The fourth-order valence-corrected chi connectivity index (χ4v) is 0.807. The van der Waals surface area contributed by atoms with E-state index in [0.717, 1.165) is 6.08 Å². The summed E-state index contributed by atoms with van der Waals surface area (Å²) >= 11 is 0. The number of aliphatic hydroxyl groups excluding tert-OH is 1. The highest BCUT2D eigenvalue weighted by Crippen LogP contribution is 2.02. The van der Waals surface area contributed by atoms with E-state index in [9.17, 15) is 14.7 Å². The molecule has 86 valence electrons. The summed E-state index contributed by atoms with van der Waals surface area (Å²) in [6, 6.07) is 0. The monoisotopic (exact) mass is 223 g/mol. The van der Waals surface area contributed by atoms with Crippen LogP contribution in [0, 0.1) is 0 Å². The molecular weight excluding hydrogens is 210 g/mol. The van der Waals surface area contributed by atoms with Gasteiger partial charge in [-0.25, -0.2) is 4.79 Å². The number of carbonyl (C=O) groups is 2. The van der Waals surface area contributed by atoms with Crippen LogP contribution in [0.1, 0.15) is 6.92 Å². The molecule has 0 unspecified atom stereocenters. The molecule has 0 aromatic carbocycles. The van der Waals surface area contributed by atoms with Crippen LogP contribution in [0.2, 0.25) is 0 Å². The lowest BCUT2D eigenvalue weighted by molar-refractivity contribution is -0.131. The third-order valence-electron chi connectivity index (χ3n) is 1.48. The molecule has 0 aliphatic carbocycles. The van der Waals surface area contributed by atoms with Gasteiger partial charge in [-0.1, -0.05) is 18.7 Å². The second kappa shape index (κ2) is 7.05. The van der Waals surface area contributed by atoms with Crippen LogP contribution < -0.4 is 5.32 Å². The molecule has 1 amide bonds. The number of nitrogens with one attached hydrogen (secondary N) is 1. The predicted molar refractivity (Wildman–Crippen MR) is 59.6 cm³/mol. The lowest BCUT2D eigenvalue weighted by Gasteiger charge is -2.05. The zero-order valence-corrected chi connectivity index (χ0v) is 8.80. The van der Waals surface area contributed by atoms with E-state index in [0.29, 0.717) is 6.08 Å². The lowest BCUT2D eigenvalue weighted by Crippen LogP contribution is -2.21. The van der Waals surface area contributed by atoms with Crippen LogP contribution in [0.3, 0.4) is 0 Å². The first-order valence-electron chi connectivity index (χ1n) is 4.41. The summed E-state index contributed by atoms with van der Waals surface area (Å²) in [5.41, 5.74) is 0.180. The molecule has 16 heavy (non-hydrogen) atoms. The third-order valence-corrected chi connectivity index (χ3v) is 1.48. The molecule has 0 heterocycles. The maximum absolute atomic E-state index is 11.2. The molecular formula is C11H13NO4. The van der Waals surface area contributed by atoms with Gasteiger partial charge in [0, 0.05) is 12.2 Å². The van der Waals surface area contributed by atoms with Crippen LogP contribution in [0.4, 0.5) is 0 Å². The Bertz CT molecular complexity index is 377. The molecule has 0 saturated heterocycles. The maximum atomic E-state index is 11.2. The molecule has 0 spiro atoms. The van der Waals surface area contributed by atoms with Crippen molar-refractivity contribution in [2.75, 3.05) is 0 Å². The van der Waals surface area contributed by atoms with Crippen molar-refractivity contribution in [2.24, 2.45) is 0 Å². The van der Waals surface area contributed by atoms with Crippen LogP contribution in [-0.2, 0) is 9.59 Å². The van der Waals surface area contributed by atoms with E-state index < -0.39 is 11.9 Å². The summed E-state index contributed by atoms with van der Waals surface area (Å²) < 4.78 is 0. The molecule has 0 bridgehead atoms. The van der Waals surface area contributed by atoms with Crippen LogP contribution in [-0.4, -0.2) is 22.1 Å². The lowest BCUT2D eigenvalue weighted by atomic mass is 10.3. The van der Waals surface area contributed by atoms with Crippen molar-refractivity contribution in [3.05, 3.63) is 48.4 Å². The summed E-state index contributed by atoms with van der Waals surface area (Å²) in [5, 5.41) is 20.0. The number of carbonyl (C=O) groups excluding carboxylic acids is 1. The van der Waals surface area contributed by atoms with E-state index in [4.69, 9.17) is 5.11 Å². The third kappa shape index (κ3) is 5.43. The van der Waals surface area contributed by atoms with Gasteiger partial charge < -0.3 is 15.5 Å². The Labute approximate surface area is 93.1 Å². The molecule has 5 nitrogen and oxygen atoms in total. The van der Waals surface area contributed by atoms with Crippen molar-refractivity contribution in [2.45, 2.75) is 6.92 Å². The fraction of sp³-hybridized carbons (Fsp3) is 0.0909. The van der Waals surface area contributed by atoms with Gasteiger partial charge in [-0.15, -0.1) is 0 Å². The van der Waals surface area contributed by atoms with Gasteiger partial charge in [0.1, 0.15) is 5.76 Å². The zero-order valence-electron chi connectivity index (χ0n) is 8.80. The minimum Gasteiger partial charge on any atom is -0.506 e. The molecule has 0 atom stereocenters. The highest BCUT2D eigenvalue weighted by Gasteiger charge is 2.04. The highest BCUT2D eigenvalue weighted by atomic mass is 16.4. The van der Waals surface area contributed by atoms with Crippen molar-refractivity contribution in [1.29, 1.82) is 0 Å². The predicted octanol–water partition coefficient (Wildman–Crippen LogP) is 1.28. The quantitative estimate of drug-likeness (QED) is 0.372.